The topological polar surface area (TPSA) is 54.0 Å². The van der Waals surface area contributed by atoms with E-state index in [9.17, 15) is 14.7 Å². The number of allylic oxidation sites excluding steroid dienone is 1. The maximum atomic E-state index is 9.68. The summed E-state index contributed by atoms with van der Waals surface area (Å²) >= 11 is 0. The fourth-order valence-electron chi connectivity index (χ4n) is 0.344. The van der Waals surface area contributed by atoms with E-state index in [0.717, 1.165) is 12.4 Å². The van der Waals surface area contributed by atoms with Gasteiger partial charge in [0.1, 0.15) is 6.29 Å². The van der Waals surface area contributed by atoms with Crippen LogP contribution < -0.4 is 0 Å². The van der Waals surface area contributed by atoms with Crippen molar-refractivity contribution in [3.05, 3.63) is 12.2 Å². The van der Waals surface area contributed by atoms with Crippen LogP contribution in [0.3, 0.4) is 0 Å². The summed E-state index contributed by atoms with van der Waals surface area (Å²) in [5.41, 5.74) is 0. The van der Waals surface area contributed by atoms with Crippen molar-refractivity contribution in [2.75, 3.05) is 0 Å². The summed E-state index contributed by atoms with van der Waals surface area (Å²) < 4.78 is 0. The molecule has 0 fully saturated rings. The minimum atomic E-state index is -1.22. The lowest BCUT2D eigenvalue weighted by Gasteiger charge is -1.77. The Labute approximate surface area is 53.0 Å². The first-order valence-electron chi connectivity index (χ1n) is 2.58. The van der Waals surface area contributed by atoms with Crippen molar-refractivity contribution in [2.24, 2.45) is 0 Å². The molecular weight excluding hydrogens is 120 g/mol. The molecule has 0 amide bonds. The molecule has 0 aromatic rings. The van der Waals surface area contributed by atoms with E-state index in [1.165, 1.54) is 6.08 Å². The van der Waals surface area contributed by atoms with E-state index in [4.69, 9.17) is 0 Å². The second kappa shape index (κ2) is 5.03. The van der Waals surface area contributed by atoms with Crippen LogP contribution in [0.25, 0.3) is 0 Å². The van der Waals surface area contributed by atoms with Gasteiger partial charge in [0.05, 0.1) is 0 Å². The standard InChI is InChI=1S/C6H7O3/c7-5-3-1-2-4-6(8)9/h2,4-5H,1,3H2. The Balaban J connectivity index is 3.24. The number of aldehydes is 1. The van der Waals surface area contributed by atoms with E-state index in [1.54, 1.807) is 0 Å². The van der Waals surface area contributed by atoms with Gasteiger partial charge in [0.25, 0.3) is 0 Å². The molecule has 0 N–H and O–H groups in total. The lowest BCUT2D eigenvalue weighted by atomic mass is 10.3. The molecule has 0 saturated carbocycles. The SMILES string of the molecule is [O]C(=O)C=CCCC=O. The van der Waals surface area contributed by atoms with Crippen LogP contribution in [0.15, 0.2) is 12.2 Å². The summed E-state index contributed by atoms with van der Waals surface area (Å²) in [4.78, 5) is 19.3. The Kier molecular flexibility index (Phi) is 4.40. The van der Waals surface area contributed by atoms with Crippen LogP contribution >= 0.6 is 0 Å². The first-order chi connectivity index (χ1) is 4.27. The molecular formula is C6H7O3. The van der Waals surface area contributed by atoms with Crippen molar-refractivity contribution in [3.63, 3.8) is 0 Å². The van der Waals surface area contributed by atoms with Crippen molar-refractivity contribution >= 4 is 12.3 Å². The largest absolute Gasteiger partial charge is 0.378 e. The maximum Gasteiger partial charge on any atom is 0.378 e. The summed E-state index contributed by atoms with van der Waals surface area (Å²) in [5, 5.41) is 9.68. The smallest absolute Gasteiger partial charge is 0.303 e. The van der Waals surface area contributed by atoms with E-state index in [2.05, 4.69) is 0 Å². The summed E-state index contributed by atoms with van der Waals surface area (Å²) in [7, 11) is 0. The van der Waals surface area contributed by atoms with Crippen LogP contribution in [0.2, 0.25) is 0 Å². The molecule has 1 radical (unpaired) electrons. The van der Waals surface area contributed by atoms with Crippen LogP contribution in [0.1, 0.15) is 12.8 Å². The molecule has 0 aliphatic rings. The van der Waals surface area contributed by atoms with Gasteiger partial charge in [-0.25, -0.2) is 9.90 Å². The molecule has 0 bridgehead atoms. The molecule has 0 rings (SSSR count). The average Bonchev–Trinajstić information content (AvgIpc) is 1.80. The van der Waals surface area contributed by atoms with E-state index < -0.39 is 5.97 Å². The normalized spacial score (nSPS) is 9.78. The molecule has 0 spiro atoms. The molecule has 3 nitrogen and oxygen atoms in total. The highest BCUT2D eigenvalue weighted by molar-refractivity contribution is 5.79. The Morgan fingerprint density at radius 3 is 2.44 bits per heavy atom. The van der Waals surface area contributed by atoms with Crippen LogP contribution in [0, 0.1) is 0 Å². The van der Waals surface area contributed by atoms with Gasteiger partial charge in [-0.15, -0.1) is 0 Å². The zero-order chi connectivity index (χ0) is 7.11. The monoisotopic (exact) mass is 127 g/mol. The third-order valence-corrected chi connectivity index (χ3v) is 0.705. The second-order valence-electron chi connectivity index (χ2n) is 1.47. The first kappa shape index (κ1) is 7.88. The third-order valence-electron chi connectivity index (χ3n) is 0.705. The van der Waals surface area contributed by atoms with Gasteiger partial charge < -0.3 is 4.79 Å². The van der Waals surface area contributed by atoms with E-state index in [-0.39, 0.29) is 0 Å². The van der Waals surface area contributed by atoms with Gasteiger partial charge >= 0.3 is 5.97 Å². The van der Waals surface area contributed by atoms with E-state index >= 15 is 0 Å². The lowest BCUT2D eigenvalue weighted by molar-refractivity contribution is -0.137. The summed E-state index contributed by atoms with van der Waals surface area (Å²) in [6.07, 6.45) is 3.88. The number of carbonyl (C=O) groups is 2. The van der Waals surface area contributed by atoms with E-state index in [0.29, 0.717) is 12.8 Å². The van der Waals surface area contributed by atoms with Gasteiger partial charge in [-0.1, -0.05) is 6.08 Å². The second-order valence-corrected chi connectivity index (χ2v) is 1.47. The molecule has 0 aliphatic carbocycles. The number of unbranched alkanes of at least 4 members (excludes halogenated alkanes) is 1. The molecule has 49 valence electrons. The highest BCUT2D eigenvalue weighted by Gasteiger charge is 1.86. The molecule has 0 unspecified atom stereocenters. The minimum Gasteiger partial charge on any atom is -0.303 e. The van der Waals surface area contributed by atoms with Crippen molar-refractivity contribution in [1.82, 2.24) is 0 Å². The molecule has 0 saturated heterocycles. The molecule has 0 heterocycles. The molecule has 0 aromatic carbocycles. The Bertz CT molecular complexity index is 126. The fraction of sp³-hybridized carbons (Fsp3) is 0.333. The van der Waals surface area contributed by atoms with Crippen molar-refractivity contribution < 1.29 is 14.7 Å². The van der Waals surface area contributed by atoms with Gasteiger partial charge in [-0.2, -0.15) is 0 Å². The predicted octanol–water partition coefficient (Wildman–Crippen LogP) is 0.479. The van der Waals surface area contributed by atoms with Crippen molar-refractivity contribution in [2.45, 2.75) is 12.8 Å². The summed E-state index contributed by atoms with van der Waals surface area (Å²) in [6, 6.07) is 0. The lowest BCUT2D eigenvalue weighted by Crippen LogP contribution is -1.82. The highest BCUT2D eigenvalue weighted by Crippen LogP contribution is 1.85. The zero-order valence-electron chi connectivity index (χ0n) is 4.87. The Hall–Kier alpha value is -1.12. The van der Waals surface area contributed by atoms with Crippen LogP contribution in [0.5, 0.6) is 0 Å². The molecule has 3 heteroatoms. The van der Waals surface area contributed by atoms with Crippen molar-refractivity contribution in [3.8, 4) is 0 Å². The van der Waals surface area contributed by atoms with Crippen LogP contribution in [-0.2, 0) is 14.7 Å². The molecule has 0 atom stereocenters. The number of carbonyl (C=O) groups excluding carboxylic acids is 2. The van der Waals surface area contributed by atoms with Gasteiger partial charge in [-0.05, 0) is 6.42 Å². The molecule has 0 aromatic heterocycles. The number of hydrogen-bond donors (Lipinski definition) is 0. The summed E-state index contributed by atoms with van der Waals surface area (Å²) in [6.45, 7) is 0. The molecule has 9 heavy (non-hydrogen) atoms. The fourth-order valence-corrected chi connectivity index (χ4v) is 0.344. The van der Waals surface area contributed by atoms with Crippen LogP contribution in [0.4, 0.5) is 0 Å². The Morgan fingerprint density at radius 1 is 1.33 bits per heavy atom. The van der Waals surface area contributed by atoms with Gasteiger partial charge in [0.2, 0.25) is 0 Å². The zero-order valence-corrected chi connectivity index (χ0v) is 4.87. The van der Waals surface area contributed by atoms with E-state index in [1.807, 2.05) is 0 Å². The maximum absolute atomic E-state index is 9.68. The minimum absolute atomic E-state index is 0.365. The van der Waals surface area contributed by atoms with Crippen molar-refractivity contribution in [1.29, 1.82) is 0 Å². The average molecular weight is 127 g/mol. The van der Waals surface area contributed by atoms with Gasteiger partial charge in [-0.3, -0.25) is 0 Å². The quantitative estimate of drug-likeness (QED) is 0.313. The highest BCUT2D eigenvalue weighted by atomic mass is 16.4. The number of hydrogen-bond acceptors (Lipinski definition) is 2. The summed E-state index contributed by atoms with van der Waals surface area (Å²) in [5.74, 6) is -1.22. The third kappa shape index (κ3) is 6.88. The first-order valence-corrected chi connectivity index (χ1v) is 2.58. The van der Waals surface area contributed by atoms with Crippen LogP contribution in [-0.4, -0.2) is 12.3 Å². The van der Waals surface area contributed by atoms with Gasteiger partial charge in [0.15, 0.2) is 0 Å². The Morgan fingerprint density at radius 2 is 2.00 bits per heavy atom. The number of rotatable bonds is 4. The van der Waals surface area contributed by atoms with Gasteiger partial charge in [0, 0.05) is 12.5 Å². The molecule has 0 aliphatic heterocycles. The predicted molar refractivity (Wildman–Crippen MR) is 30.1 cm³/mol.